The predicted octanol–water partition coefficient (Wildman–Crippen LogP) is 6.61. The third kappa shape index (κ3) is 7.95. The van der Waals surface area contributed by atoms with Crippen LogP contribution in [0.4, 0.5) is 10.1 Å². The van der Waals surface area contributed by atoms with Gasteiger partial charge >= 0.3 is 0 Å². The maximum atomic E-state index is 13.3. The summed E-state index contributed by atoms with van der Waals surface area (Å²) >= 11 is 6.53. The lowest BCUT2D eigenvalue weighted by Crippen LogP contribution is -2.24. The second-order valence-corrected chi connectivity index (χ2v) is 9.38. The van der Waals surface area contributed by atoms with E-state index in [1.54, 1.807) is 24.4 Å². The molecule has 1 aliphatic carbocycles. The van der Waals surface area contributed by atoms with Crippen molar-refractivity contribution in [1.82, 2.24) is 9.97 Å². The monoisotopic (exact) mass is 551 g/mol. The van der Waals surface area contributed by atoms with Crippen LogP contribution in [-0.2, 0) is 21.0 Å². The second-order valence-electron chi connectivity index (χ2n) is 8.97. The van der Waals surface area contributed by atoms with Gasteiger partial charge in [0.25, 0.3) is 5.97 Å². The maximum Gasteiger partial charge on any atom is 0.300 e. The van der Waals surface area contributed by atoms with E-state index in [9.17, 15) is 9.18 Å². The molecule has 1 aromatic heterocycles. The van der Waals surface area contributed by atoms with Gasteiger partial charge in [0.05, 0.1) is 34.3 Å². The Morgan fingerprint density at radius 3 is 2.59 bits per heavy atom. The molecule has 0 spiro atoms. The summed E-state index contributed by atoms with van der Waals surface area (Å²) in [5, 5.41) is 8.69. The molecule has 3 aromatic carbocycles. The number of aromatic nitrogens is 2. The molecule has 2 N–H and O–H groups in total. The molecule has 0 unspecified atom stereocenters. The van der Waals surface area contributed by atoms with Gasteiger partial charge in [-0.25, -0.2) is 14.4 Å². The first-order valence-corrected chi connectivity index (χ1v) is 12.7. The number of carboxylic acid groups (broad SMARTS) is 1. The summed E-state index contributed by atoms with van der Waals surface area (Å²) in [6.07, 6.45) is 4.36. The molecule has 8 nitrogen and oxygen atoms in total. The number of carbonyl (C=O) groups is 2. The van der Waals surface area contributed by atoms with Crippen molar-refractivity contribution >= 4 is 39.9 Å². The van der Waals surface area contributed by atoms with Gasteiger partial charge < -0.3 is 9.84 Å². The zero-order valence-corrected chi connectivity index (χ0v) is 22.0. The van der Waals surface area contributed by atoms with E-state index in [1.807, 2.05) is 30.3 Å². The van der Waals surface area contributed by atoms with Gasteiger partial charge in [-0.2, -0.15) is 0 Å². The Bertz CT molecular complexity index is 1470. The van der Waals surface area contributed by atoms with Gasteiger partial charge in [-0.3, -0.25) is 19.9 Å². The highest BCUT2D eigenvalue weighted by molar-refractivity contribution is 6.33. The van der Waals surface area contributed by atoms with Crippen molar-refractivity contribution < 1.29 is 28.7 Å². The number of ketones is 1. The van der Waals surface area contributed by atoms with Gasteiger partial charge in [0.1, 0.15) is 17.3 Å². The Labute approximate surface area is 229 Å². The number of hydrogen-bond acceptors (Lipinski definition) is 7. The molecule has 39 heavy (non-hydrogen) atoms. The number of halogens is 2. The number of hydrogen-bond donors (Lipinski definition) is 2. The molecule has 0 bridgehead atoms. The number of nitrogens with zero attached hydrogens (tertiary/aromatic N) is 2. The molecule has 5 rings (SSSR count). The van der Waals surface area contributed by atoms with E-state index < -0.39 is 5.97 Å². The number of Topliss-reactive ketones (excluding diaryl/α,β-unsaturated/α-hetero) is 1. The van der Waals surface area contributed by atoms with Crippen LogP contribution >= 0.6 is 11.6 Å². The number of aliphatic carboxylic acids is 1. The highest BCUT2D eigenvalue weighted by Crippen LogP contribution is 2.32. The van der Waals surface area contributed by atoms with Crippen LogP contribution in [0.2, 0.25) is 5.02 Å². The fraction of sp³-hybridized carbons (Fsp3) is 0.241. The molecule has 0 amide bonds. The van der Waals surface area contributed by atoms with E-state index in [2.05, 4.69) is 10.5 Å². The van der Waals surface area contributed by atoms with Crippen molar-refractivity contribution in [2.24, 2.45) is 0 Å². The number of ether oxygens (including phenoxy) is 1. The van der Waals surface area contributed by atoms with Gasteiger partial charge in [-0.1, -0.05) is 29.8 Å². The predicted molar refractivity (Wildman–Crippen MR) is 146 cm³/mol. The average molecular weight is 552 g/mol. The number of carboxylic acids is 1. The molecule has 1 fully saturated rings. The zero-order valence-electron chi connectivity index (χ0n) is 21.2. The zero-order chi connectivity index (χ0) is 27.8. The standard InChI is InChI=1S/C27H23ClFN3O3.C2H4O2/c28-24-14-19(32-34-16-17-3-1-4-18(29)13-17)7-12-22(24)27-30-15-23-25(31-27)5-2-6-26(23)35-21-10-8-20(33)9-11-21;1-2(3)4/h1-7,12-15,21,32H,8-11,16H2;1H3,(H,3,4). The van der Waals surface area contributed by atoms with E-state index in [0.717, 1.165) is 36.4 Å². The molecule has 202 valence electrons. The second kappa shape index (κ2) is 13.1. The smallest absolute Gasteiger partial charge is 0.300 e. The summed E-state index contributed by atoms with van der Waals surface area (Å²) in [6, 6.07) is 17.3. The first-order valence-electron chi connectivity index (χ1n) is 12.3. The van der Waals surface area contributed by atoms with Gasteiger partial charge in [-0.05, 0) is 60.9 Å². The van der Waals surface area contributed by atoms with Crippen LogP contribution in [0.15, 0.2) is 66.9 Å². The highest BCUT2D eigenvalue weighted by atomic mass is 35.5. The fourth-order valence-electron chi connectivity index (χ4n) is 4.06. The maximum absolute atomic E-state index is 13.3. The van der Waals surface area contributed by atoms with Crippen molar-refractivity contribution in [2.75, 3.05) is 5.48 Å². The molecule has 4 aromatic rings. The van der Waals surface area contributed by atoms with E-state index >= 15 is 0 Å². The third-order valence-corrected chi connectivity index (χ3v) is 6.21. The quantitative estimate of drug-likeness (QED) is 0.247. The SMILES string of the molecule is CC(=O)O.O=C1CCC(Oc2cccc3nc(-c4ccc(NOCc5cccc(F)c5)cc4Cl)ncc23)CC1. The Morgan fingerprint density at radius 1 is 1.13 bits per heavy atom. The van der Waals surface area contributed by atoms with Crippen LogP contribution in [-0.4, -0.2) is 32.9 Å². The molecule has 0 radical (unpaired) electrons. The lowest BCUT2D eigenvalue weighted by atomic mass is 9.96. The number of carbonyl (C=O) groups excluding carboxylic acids is 1. The molecule has 10 heteroatoms. The molecule has 0 saturated heterocycles. The van der Waals surface area contributed by atoms with Crippen LogP contribution < -0.4 is 10.2 Å². The Hall–Kier alpha value is -4.08. The van der Waals surface area contributed by atoms with Gasteiger partial charge in [0.15, 0.2) is 5.82 Å². The summed E-state index contributed by atoms with van der Waals surface area (Å²) in [7, 11) is 0. The highest BCUT2D eigenvalue weighted by Gasteiger charge is 2.21. The van der Waals surface area contributed by atoms with E-state index in [0.29, 0.717) is 46.3 Å². The Morgan fingerprint density at radius 2 is 1.87 bits per heavy atom. The number of anilines is 1. The van der Waals surface area contributed by atoms with Gasteiger partial charge in [-0.15, -0.1) is 0 Å². The number of rotatable bonds is 7. The summed E-state index contributed by atoms with van der Waals surface area (Å²) < 4.78 is 19.5. The lowest BCUT2D eigenvalue weighted by molar-refractivity contribution is -0.134. The van der Waals surface area contributed by atoms with Crippen molar-refractivity contribution in [3.8, 4) is 17.1 Å². The van der Waals surface area contributed by atoms with Crippen LogP contribution in [0.25, 0.3) is 22.3 Å². The first-order chi connectivity index (χ1) is 18.8. The summed E-state index contributed by atoms with van der Waals surface area (Å²) in [5.74, 6) is 0.370. The molecule has 1 saturated carbocycles. The van der Waals surface area contributed by atoms with Gasteiger partial charge in [0.2, 0.25) is 0 Å². The van der Waals surface area contributed by atoms with Crippen molar-refractivity contribution in [3.63, 3.8) is 0 Å². The minimum absolute atomic E-state index is 0.0237. The number of benzene rings is 3. The summed E-state index contributed by atoms with van der Waals surface area (Å²) in [6.45, 7) is 1.28. The normalized spacial score (nSPS) is 13.5. The largest absolute Gasteiger partial charge is 0.490 e. The number of nitrogens with one attached hydrogen (secondary N) is 1. The number of fused-ring (bicyclic) bond motifs is 1. The summed E-state index contributed by atoms with van der Waals surface area (Å²) in [5.41, 5.74) is 5.62. The molecular weight excluding hydrogens is 525 g/mol. The molecule has 1 heterocycles. The molecule has 0 atom stereocenters. The van der Waals surface area contributed by atoms with E-state index in [4.69, 9.17) is 36.1 Å². The topological polar surface area (TPSA) is 111 Å². The fourth-order valence-corrected chi connectivity index (χ4v) is 4.33. The van der Waals surface area contributed by atoms with E-state index in [-0.39, 0.29) is 18.5 Å². The Kier molecular flexibility index (Phi) is 9.40. The van der Waals surface area contributed by atoms with Crippen LogP contribution in [0.5, 0.6) is 5.75 Å². The first kappa shape index (κ1) is 27.9. The van der Waals surface area contributed by atoms with Crippen molar-refractivity contribution in [3.05, 3.63) is 83.3 Å². The minimum Gasteiger partial charge on any atom is -0.490 e. The molecule has 1 aliphatic rings. The molecular formula is C29H27ClFN3O5. The van der Waals surface area contributed by atoms with Crippen molar-refractivity contribution in [2.45, 2.75) is 45.3 Å². The van der Waals surface area contributed by atoms with Crippen LogP contribution in [0, 0.1) is 5.82 Å². The Balaban J connectivity index is 0.000000826. The van der Waals surface area contributed by atoms with Gasteiger partial charge in [0, 0.05) is 31.5 Å². The van der Waals surface area contributed by atoms with Crippen LogP contribution in [0.1, 0.15) is 38.2 Å². The lowest BCUT2D eigenvalue weighted by Gasteiger charge is -2.23. The van der Waals surface area contributed by atoms with Crippen LogP contribution in [0.3, 0.4) is 0 Å². The average Bonchev–Trinajstić information content (AvgIpc) is 2.90. The van der Waals surface area contributed by atoms with Crippen molar-refractivity contribution in [1.29, 1.82) is 0 Å². The molecule has 0 aliphatic heterocycles. The van der Waals surface area contributed by atoms with E-state index in [1.165, 1.54) is 12.1 Å². The minimum atomic E-state index is -0.833. The third-order valence-electron chi connectivity index (χ3n) is 5.90. The summed E-state index contributed by atoms with van der Waals surface area (Å²) in [4.78, 5) is 35.2.